The maximum absolute atomic E-state index is 12.0. The van der Waals surface area contributed by atoms with Crippen LogP contribution in [0.4, 0.5) is 0 Å². The first-order chi connectivity index (χ1) is 9.08. The van der Waals surface area contributed by atoms with Crippen LogP contribution in [0, 0.1) is 0 Å². The minimum atomic E-state index is -0.455. The second-order valence-electron chi connectivity index (χ2n) is 4.77. The van der Waals surface area contributed by atoms with Crippen molar-refractivity contribution in [2.45, 2.75) is 18.9 Å². The lowest BCUT2D eigenvalue weighted by Crippen LogP contribution is -2.46. The Labute approximate surface area is 111 Å². The molecular weight excluding hydrogens is 248 g/mol. The molecule has 1 aliphatic heterocycles. The minimum absolute atomic E-state index is 0.00769. The van der Waals surface area contributed by atoms with Crippen molar-refractivity contribution in [2.75, 3.05) is 26.7 Å². The molecule has 1 aliphatic rings. The van der Waals surface area contributed by atoms with Crippen molar-refractivity contribution in [3.05, 3.63) is 24.2 Å². The van der Waals surface area contributed by atoms with Gasteiger partial charge < -0.3 is 19.3 Å². The molecule has 0 aromatic carbocycles. The zero-order valence-electron chi connectivity index (χ0n) is 10.9. The molecular formula is C13H18N2O4. The van der Waals surface area contributed by atoms with E-state index in [0.29, 0.717) is 13.1 Å². The molecule has 2 heterocycles. The Hall–Kier alpha value is -1.82. The van der Waals surface area contributed by atoms with E-state index in [4.69, 9.17) is 4.42 Å². The minimum Gasteiger partial charge on any atom is -0.459 e. The van der Waals surface area contributed by atoms with Crippen molar-refractivity contribution in [1.29, 1.82) is 0 Å². The topological polar surface area (TPSA) is 74.0 Å². The van der Waals surface area contributed by atoms with Gasteiger partial charge >= 0.3 is 0 Å². The van der Waals surface area contributed by atoms with Crippen LogP contribution in [0.15, 0.2) is 22.8 Å². The molecule has 0 saturated carbocycles. The lowest BCUT2D eigenvalue weighted by molar-refractivity contribution is -0.134. The molecule has 6 heteroatoms. The first-order valence-electron chi connectivity index (χ1n) is 6.32. The number of carbonyl (C=O) groups excluding carboxylic acids is 2. The van der Waals surface area contributed by atoms with Crippen molar-refractivity contribution in [2.24, 2.45) is 0 Å². The van der Waals surface area contributed by atoms with Crippen LogP contribution in [0.1, 0.15) is 23.4 Å². The summed E-state index contributed by atoms with van der Waals surface area (Å²) < 4.78 is 5.00. The molecule has 1 aromatic rings. The van der Waals surface area contributed by atoms with Crippen molar-refractivity contribution in [3.63, 3.8) is 0 Å². The van der Waals surface area contributed by atoms with Gasteiger partial charge in [-0.2, -0.15) is 0 Å². The van der Waals surface area contributed by atoms with Gasteiger partial charge in [-0.3, -0.25) is 9.59 Å². The molecule has 19 heavy (non-hydrogen) atoms. The Morgan fingerprint density at radius 1 is 1.58 bits per heavy atom. The molecule has 0 aliphatic carbocycles. The van der Waals surface area contributed by atoms with Gasteiger partial charge in [-0.15, -0.1) is 0 Å². The summed E-state index contributed by atoms with van der Waals surface area (Å²) in [6.45, 7) is 0.979. The van der Waals surface area contributed by atoms with E-state index in [-0.39, 0.29) is 24.1 Å². The van der Waals surface area contributed by atoms with E-state index >= 15 is 0 Å². The summed E-state index contributed by atoms with van der Waals surface area (Å²) in [6, 6.07) is 3.19. The number of nitrogens with zero attached hydrogens (tertiary/aromatic N) is 2. The summed E-state index contributed by atoms with van der Waals surface area (Å²) in [4.78, 5) is 26.8. The summed E-state index contributed by atoms with van der Waals surface area (Å²) in [5.74, 6) is -0.258. The van der Waals surface area contributed by atoms with Crippen LogP contribution < -0.4 is 0 Å². The SMILES string of the molecule is CN(CC(=O)N1CCCC(O)C1)C(=O)c1ccco1. The van der Waals surface area contributed by atoms with Crippen LogP contribution in [-0.4, -0.2) is 59.5 Å². The summed E-state index contributed by atoms with van der Waals surface area (Å²) >= 11 is 0. The van der Waals surface area contributed by atoms with Gasteiger partial charge in [0.25, 0.3) is 5.91 Å². The zero-order valence-corrected chi connectivity index (χ0v) is 10.9. The molecule has 104 valence electrons. The standard InChI is InChI=1S/C13H18N2O4/c1-14(13(18)11-5-3-7-19-11)9-12(17)15-6-2-4-10(16)8-15/h3,5,7,10,16H,2,4,6,8-9H2,1H3. The highest BCUT2D eigenvalue weighted by Crippen LogP contribution is 2.11. The van der Waals surface area contributed by atoms with E-state index in [2.05, 4.69) is 0 Å². The summed E-state index contributed by atoms with van der Waals surface area (Å²) in [6.07, 6.45) is 2.49. The fourth-order valence-electron chi connectivity index (χ4n) is 2.14. The molecule has 1 aromatic heterocycles. The Morgan fingerprint density at radius 2 is 2.37 bits per heavy atom. The van der Waals surface area contributed by atoms with Gasteiger partial charge in [0, 0.05) is 20.1 Å². The number of piperidine rings is 1. The Balaban J connectivity index is 1.89. The number of aliphatic hydroxyl groups excluding tert-OH is 1. The monoisotopic (exact) mass is 266 g/mol. The average Bonchev–Trinajstić information content (AvgIpc) is 2.91. The number of hydrogen-bond acceptors (Lipinski definition) is 4. The number of likely N-dealkylation sites (N-methyl/N-ethyl adjacent to an activating group) is 1. The van der Waals surface area contributed by atoms with Crippen LogP contribution in [-0.2, 0) is 4.79 Å². The number of amides is 2. The van der Waals surface area contributed by atoms with Gasteiger partial charge in [0.05, 0.1) is 18.9 Å². The molecule has 1 unspecified atom stereocenters. The van der Waals surface area contributed by atoms with E-state index in [9.17, 15) is 14.7 Å². The van der Waals surface area contributed by atoms with E-state index in [1.807, 2.05) is 0 Å². The maximum atomic E-state index is 12.0. The highest BCUT2D eigenvalue weighted by molar-refractivity contribution is 5.94. The molecule has 1 atom stereocenters. The third-order valence-corrected chi connectivity index (χ3v) is 3.20. The summed E-state index contributed by atoms with van der Waals surface area (Å²) in [5.41, 5.74) is 0. The average molecular weight is 266 g/mol. The Kier molecular flexibility index (Phi) is 4.21. The number of β-amino-alcohol motifs (C(OH)–C–C–N with tert-alkyl or cyclic N) is 1. The molecule has 2 amide bonds. The number of rotatable bonds is 3. The van der Waals surface area contributed by atoms with Crippen molar-refractivity contribution < 1.29 is 19.1 Å². The quantitative estimate of drug-likeness (QED) is 0.856. The van der Waals surface area contributed by atoms with Gasteiger partial charge in [0.1, 0.15) is 0 Å². The number of furan rings is 1. The molecule has 1 N–H and O–H groups in total. The van der Waals surface area contributed by atoms with Crippen molar-refractivity contribution >= 4 is 11.8 Å². The number of aliphatic hydroxyl groups is 1. The third kappa shape index (κ3) is 3.35. The summed E-state index contributed by atoms with van der Waals surface area (Å²) in [5, 5.41) is 9.53. The molecule has 0 bridgehead atoms. The molecule has 0 spiro atoms. The Morgan fingerprint density at radius 3 is 3.00 bits per heavy atom. The van der Waals surface area contributed by atoms with Crippen LogP contribution in [0.3, 0.4) is 0 Å². The van der Waals surface area contributed by atoms with Gasteiger partial charge in [0.2, 0.25) is 5.91 Å². The number of carbonyl (C=O) groups is 2. The van der Waals surface area contributed by atoms with Crippen molar-refractivity contribution in [1.82, 2.24) is 9.80 Å². The normalized spacial score (nSPS) is 19.3. The van der Waals surface area contributed by atoms with Crippen LogP contribution in [0.25, 0.3) is 0 Å². The largest absolute Gasteiger partial charge is 0.459 e. The van der Waals surface area contributed by atoms with Gasteiger partial charge in [-0.05, 0) is 25.0 Å². The molecule has 2 rings (SSSR count). The second kappa shape index (κ2) is 5.88. The van der Waals surface area contributed by atoms with E-state index < -0.39 is 6.10 Å². The molecule has 1 fully saturated rings. The first kappa shape index (κ1) is 13.6. The van der Waals surface area contributed by atoms with Crippen molar-refractivity contribution in [3.8, 4) is 0 Å². The lowest BCUT2D eigenvalue weighted by atomic mass is 10.1. The summed E-state index contributed by atoms with van der Waals surface area (Å²) in [7, 11) is 1.56. The van der Waals surface area contributed by atoms with E-state index in [1.54, 1.807) is 24.1 Å². The fourth-order valence-corrected chi connectivity index (χ4v) is 2.14. The second-order valence-corrected chi connectivity index (χ2v) is 4.77. The van der Waals surface area contributed by atoms with Crippen LogP contribution in [0.5, 0.6) is 0 Å². The predicted molar refractivity (Wildman–Crippen MR) is 67.5 cm³/mol. The van der Waals surface area contributed by atoms with E-state index in [1.165, 1.54) is 11.2 Å². The maximum Gasteiger partial charge on any atom is 0.289 e. The highest BCUT2D eigenvalue weighted by Gasteiger charge is 2.24. The van der Waals surface area contributed by atoms with E-state index in [0.717, 1.165) is 12.8 Å². The molecule has 0 radical (unpaired) electrons. The smallest absolute Gasteiger partial charge is 0.289 e. The van der Waals surface area contributed by atoms with Crippen LogP contribution in [0.2, 0.25) is 0 Å². The zero-order chi connectivity index (χ0) is 13.8. The van der Waals surface area contributed by atoms with Gasteiger partial charge in [-0.1, -0.05) is 0 Å². The number of likely N-dealkylation sites (tertiary alicyclic amines) is 1. The molecule has 6 nitrogen and oxygen atoms in total. The number of hydrogen-bond donors (Lipinski definition) is 1. The Bertz CT molecular complexity index is 444. The van der Waals surface area contributed by atoms with Gasteiger partial charge in [0.15, 0.2) is 5.76 Å². The lowest BCUT2D eigenvalue weighted by Gasteiger charge is -2.31. The third-order valence-electron chi connectivity index (χ3n) is 3.20. The fraction of sp³-hybridized carbons (Fsp3) is 0.538. The van der Waals surface area contributed by atoms with Crippen LogP contribution >= 0.6 is 0 Å². The first-order valence-corrected chi connectivity index (χ1v) is 6.32. The predicted octanol–water partition coefficient (Wildman–Crippen LogP) is 0.335. The van der Waals surface area contributed by atoms with Gasteiger partial charge in [-0.25, -0.2) is 0 Å². The highest BCUT2D eigenvalue weighted by atomic mass is 16.3. The molecule has 1 saturated heterocycles.